The van der Waals surface area contributed by atoms with Crippen LogP contribution >= 0.6 is 0 Å². The van der Waals surface area contributed by atoms with Crippen LogP contribution in [0.4, 0.5) is 0 Å². The molecule has 0 unspecified atom stereocenters. The first kappa shape index (κ1) is 84.7. The van der Waals surface area contributed by atoms with E-state index >= 15 is 9.59 Å². The summed E-state index contributed by atoms with van der Waals surface area (Å²) >= 11 is 0. The molecule has 16 atom stereocenters. The lowest BCUT2D eigenvalue weighted by molar-refractivity contribution is -0.152. The van der Waals surface area contributed by atoms with Gasteiger partial charge < -0.3 is 63.1 Å². The topological polar surface area (TPSA) is 433 Å². The number of hydrogen-bond acceptors (Lipinski definition) is 22. The Balaban J connectivity index is 1.14. The van der Waals surface area contributed by atoms with E-state index in [1.165, 1.54) is 40.0 Å². The van der Waals surface area contributed by atoms with Crippen molar-refractivity contribution >= 4 is 57.0 Å². The summed E-state index contributed by atoms with van der Waals surface area (Å²) in [4.78, 5) is 173. The maximum absolute atomic E-state index is 15.3. The molecule has 0 aliphatic carbocycles. The van der Waals surface area contributed by atoms with E-state index in [1.807, 2.05) is 135 Å². The molecule has 4 aromatic rings. The second kappa shape index (κ2) is 32.4. The van der Waals surface area contributed by atoms with Crippen molar-refractivity contribution in [2.75, 3.05) is 32.8 Å². The average Bonchev–Trinajstić information content (AvgIpc) is 1.61. The lowest BCUT2D eigenvalue weighted by Crippen LogP contribution is -2.50. The predicted octanol–water partition coefficient (Wildman–Crippen LogP) is 3.84. The molecule has 3 amide bonds. The number of aromatic amines is 4. The zero-order valence-electron chi connectivity index (χ0n) is 65.0. The van der Waals surface area contributed by atoms with Gasteiger partial charge in [0.2, 0.25) is 17.7 Å². The van der Waals surface area contributed by atoms with Gasteiger partial charge in [-0.05, 0) is 79.5 Å². The number of nitrogens with one attached hydrogen (secondary N) is 7. The minimum atomic E-state index is -2.94. The van der Waals surface area contributed by atoms with Gasteiger partial charge in [-0.25, -0.2) is 19.2 Å². The molecule has 106 heavy (non-hydrogen) atoms. The number of H-pyrrole nitrogens is 4. The van der Waals surface area contributed by atoms with Crippen molar-refractivity contribution in [1.82, 2.24) is 54.2 Å². The van der Waals surface area contributed by atoms with Crippen molar-refractivity contribution in [3.8, 4) is 0 Å². The fourth-order valence-corrected chi connectivity index (χ4v) is 18.0. The Labute approximate surface area is 618 Å². The molecule has 0 saturated carbocycles. The van der Waals surface area contributed by atoms with Gasteiger partial charge in [-0.2, -0.15) is 0 Å². The highest BCUT2D eigenvalue weighted by atomic mass is 28.4. The zero-order valence-corrected chi connectivity index (χ0v) is 69.0. The summed E-state index contributed by atoms with van der Waals surface area (Å²) in [5.41, 5.74) is 0.415. The molecule has 0 bridgehead atoms. The molecular formula is C69H112N12O21Si4. The smallest absolute Gasteiger partial charge is 0.330 e. The number of esters is 1. The van der Waals surface area contributed by atoms with Gasteiger partial charge in [0.05, 0.1) is 49.3 Å². The third-order valence-corrected chi connectivity index (χ3v) is 40.7. The summed E-state index contributed by atoms with van der Waals surface area (Å²) in [7, 11) is -11.4. The number of rotatable bonds is 27. The van der Waals surface area contributed by atoms with Crippen LogP contribution in [-0.4, -0.2) is 177 Å². The van der Waals surface area contributed by atoms with E-state index in [2.05, 4.69) is 35.9 Å². The number of carbonyl (C=O) groups is 4. The van der Waals surface area contributed by atoms with E-state index in [4.69, 9.17) is 47.1 Å². The van der Waals surface area contributed by atoms with Crippen LogP contribution in [0.5, 0.6) is 0 Å². The SMILES string of the molecule is CCOC(=O)[C@H]1[C@@H](O[Si](C)(C)C(C)(C)C)[C@H](n2ccc(=O)[nH]c2=O)O[C@@H]1CNC(=O)C[C@H]1[C@@H](O[Si](C)(C)C(C)(C)C)[C@H](n2ccc(=O)[nH]c2=O)O[C@@H]1CNC(=O)C[C@H]1[C@@H](O[Si](C)(C)C(C)(C)C)[C@H](n2ccc(=O)[nH]c2=O)O[C@@H]1CNC(=O)C[C@H]1[C@@H](O[Si](C)(C)C(C)(C)C)[C@H](n2ccc(=O)[nH]c2=O)O[C@@H]1CN. The van der Waals surface area contributed by atoms with Gasteiger partial charge in [0.25, 0.3) is 22.2 Å². The van der Waals surface area contributed by atoms with E-state index in [-0.39, 0.29) is 44.2 Å². The minimum Gasteiger partial charge on any atom is -0.466 e. The van der Waals surface area contributed by atoms with Crippen LogP contribution in [0, 0.1) is 23.7 Å². The summed E-state index contributed by atoms with van der Waals surface area (Å²) in [5.74, 6) is -6.43. The van der Waals surface area contributed by atoms with Crippen molar-refractivity contribution in [2.45, 2.75) is 256 Å². The number of nitrogens with zero attached hydrogens (tertiary/aromatic N) is 4. The number of nitrogens with two attached hydrogens (primary N) is 1. The van der Waals surface area contributed by atoms with Gasteiger partial charge in [0.1, 0.15) is 12.0 Å². The van der Waals surface area contributed by atoms with Gasteiger partial charge in [-0.3, -0.25) is 76.6 Å². The number of carbonyl (C=O) groups excluding carboxylic acids is 4. The van der Waals surface area contributed by atoms with E-state index in [0.717, 1.165) is 27.3 Å². The quantitative estimate of drug-likeness (QED) is 0.0310. The van der Waals surface area contributed by atoms with Crippen LogP contribution in [0.1, 0.15) is 134 Å². The molecule has 590 valence electrons. The highest BCUT2D eigenvalue weighted by Crippen LogP contribution is 2.49. The molecule has 8 rings (SSSR count). The molecule has 4 aromatic heterocycles. The predicted molar refractivity (Wildman–Crippen MR) is 402 cm³/mol. The fourth-order valence-electron chi connectivity index (χ4n) is 12.7. The fraction of sp³-hybridized carbons (Fsp3) is 0.710. The maximum Gasteiger partial charge on any atom is 0.330 e. The molecule has 37 heteroatoms. The molecule has 4 fully saturated rings. The van der Waals surface area contributed by atoms with Gasteiger partial charge in [0, 0.05) is 112 Å². The Kier molecular flexibility index (Phi) is 25.9. The highest BCUT2D eigenvalue weighted by Gasteiger charge is 2.58. The molecule has 4 aliphatic heterocycles. The van der Waals surface area contributed by atoms with Crippen molar-refractivity contribution in [3.63, 3.8) is 0 Å². The minimum absolute atomic E-state index is 0.0333. The molecule has 0 radical (unpaired) electrons. The second-order valence-electron chi connectivity index (χ2n) is 34.2. The number of aromatic nitrogens is 8. The van der Waals surface area contributed by atoms with Crippen LogP contribution < -0.4 is 66.7 Å². The summed E-state index contributed by atoms with van der Waals surface area (Å²) in [6, 6.07) is 4.60. The molecule has 4 saturated heterocycles. The third-order valence-electron chi connectivity index (χ3n) is 22.8. The average molecular weight is 1560 g/mol. The first-order valence-corrected chi connectivity index (χ1v) is 47.8. The lowest BCUT2D eigenvalue weighted by atomic mass is 9.92. The molecule has 0 spiro atoms. The van der Waals surface area contributed by atoms with E-state index in [9.17, 15) is 47.9 Å². The first-order valence-electron chi connectivity index (χ1n) is 36.2. The summed E-state index contributed by atoms with van der Waals surface area (Å²) in [5, 5.41) is 7.28. The lowest BCUT2D eigenvalue weighted by Gasteiger charge is -2.41. The number of amides is 3. The van der Waals surface area contributed by atoms with Gasteiger partial charge >= 0.3 is 28.7 Å². The van der Waals surface area contributed by atoms with Crippen molar-refractivity contribution in [3.05, 3.63) is 132 Å². The van der Waals surface area contributed by atoms with Crippen molar-refractivity contribution < 1.29 is 60.6 Å². The van der Waals surface area contributed by atoms with Gasteiger partial charge in [-0.1, -0.05) is 83.1 Å². The van der Waals surface area contributed by atoms with Crippen molar-refractivity contribution in [1.29, 1.82) is 0 Å². The third kappa shape index (κ3) is 19.0. The molecule has 8 heterocycles. The maximum atomic E-state index is 15.3. The highest BCUT2D eigenvalue weighted by molar-refractivity contribution is 6.75. The first-order chi connectivity index (χ1) is 48.9. The largest absolute Gasteiger partial charge is 0.466 e. The van der Waals surface area contributed by atoms with Crippen molar-refractivity contribution in [2.24, 2.45) is 29.4 Å². The molecule has 0 aromatic carbocycles. The van der Waals surface area contributed by atoms with E-state index in [1.54, 1.807) is 6.92 Å². The van der Waals surface area contributed by atoms with Crippen LogP contribution in [-0.2, 0) is 60.6 Å². The Bertz CT molecular complexity index is 4330. The van der Waals surface area contributed by atoms with E-state index < -0.39 is 227 Å². The Morgan fingerprint density at radius 3 is 0.925 bits per heavy atom. The summed E-state index contributed by atoms with van der Waals surface area (Å²) in [6.07, 6.45) is -9.51. The Hall–Kier alpha value is -6.89. The summed E-state index contributed by atoms with van der Waals surface area (Å²) in [6.45, 7) is 40.6. The second-order valence-corrected chi connectivity index (χ2v) is 53.3. The van der Waals surface area contributed by atoms with Crippen LogP contribution in [0.3, 0.4) is 0 Å². The summed E-state index contributed by atoms with van der Waals surface area (Å²) < 4.78 is 65.4. The normalized spacial score (nSPS) is 27.0. The van der Waals surface area contributed by atoms with Gasteiger partial charge in [0.15, 0.2) is 58.2 Å². The van der Waals surface area contributed by atoms with Crippen LogP contribution in [0.25, 0.3) is 0 Å². The molecular weight excluding hydrogens is 1450 g/mol. The Morgan fingerprint density at radius 1 is 0.415 bits per heavy atom. The number of hydrogen-bond donors (Lipinski definition) is 8. The van der Waals surface area contributed by atoms with Crippen LogP contribution in [0.15, 0.2) is 87.4 Å². The molecule has 33 nitrogen and oxygen atoms in total. The van der Waals surface area contributed by atoms with Crippen LogP contribution in [0.2, 0.25) is 72.5 Å². The zero-order chi connectivity index (χ0) is 79.1. The monoisotopic (exact) mass is 1560 g/mol. The standard InChI is InChI=1S/C69H112N12O21Si4/c1-22-94-61(89)52-44(98-60(81-30-26-48(85)77-65(81)93)56(52)102-106(20,21)69(11,12)13)37-73-51(88)33-40-43(97-59(80-29-25-47(84)76-64(80)92)55(40)101-105(18,19)68(8,9)10)36-72-50(87)32-39-42(96-58(79-28-24-46(83)75-63(79)91)54(39)100-104(16,17)67(5,6)7)35-71-49(86)31-38-41(34-70)95-57(78-27-23-45(82)74-62(78)90)53(38)99-103(14,15)66(2,3)4/h23-30,38-44,52-60H,22,31-37,70H2,1-21H3,(H,71,86)(H,72,87)(H,73,88)(H,74,82,90)(H,75,83,91)(H,76,84,92)(H,77,85,93)/t38-,39-,40-,41-,42-,43-,44-,52-,53-,54-,55-,56-,57-,58-,59-,60-/m1/s1. The number of ether oxygens (including phenoxy) is 5. The Morgan fingerprint density at radius 2 is 0.660 bits per heavy atom. The molecule has 4 aliphatic rings. The van der Waals surface area contributed by atoms with Gasteiger partial charge in [-0.15, -0.1) is 0 Å². The van der Waals surface area contributed by atoms with E-state index in [0.29, 0.717) is 0 Å². The molecule has 9 N–H and O–H groups in total.